The number of nitrogens with zero attached hydrogens (tertiary/aromatic N) is 2. The number of thiazole rings is 2. The van der Waals surface area contributed by atoms with Crippen LogP contribution in [0.15, 0.2) is 89.6 Å². The van der Waals surface area contributed by atoms with E-state index in [1.54, 1.807) is 36.6 Å². The summed E-state index contributed by atoms with van der Waals surface area (Å²) in [5, 5.41) is 21.9. The number of carbonyl (C=O) groups is 4. The number of aromatic carboxylic acids is 2. The van der Waals surface area contributed by atoms with Gasteiger partial charge in [0.15, 0.2) is 22.4 Å². The number of halogens is 3. The van der Waals surface area contributed by atoms with Crippen molar-refractivity contribution in [1.82, 2.24) is 9.97 Å². The van der Waals surface area contributed by atoms with Crippen molar-refractivity contribution in [3.8, 4) is 20.9 Å². The number of para-hydroxylation sites is 2. The largest absolute Gasteiger partial charge is 0.478 e. The molecule has 59 heavy (non-hydrogen) atoms. The quantitative estimate of drug-likeness (QED) is 0.0986. The third-order valence-corrected chi connectivity index (χ3v) is 12.7. The number of rotatable bonds is 8. The number of hydrogen-bond acceptors (Lipinski definition) is 12. The van der Waals surface area contributed by atoms with E-state index in [1.165, 1.54) is 71.6 Å². The van der Waals surface area contributed by atoms with Crippen LogP contribution in [-0.4, -0.2) is 51.0 Å². The number of aryl methyl sites for hydroxylation is 2. The molecule has 8 rings (SSSR count). The number of fused-ring (bicyclic) bond motifs is 2. The summed E-state index contributed by atoms with van der Waals surface area (Å²) in [7, 11) is 1.27. The summed E-state index contributed by atoms with van der Waals surface area (Å²) in [6.45, 7) is 3.23. The van der Waals surface area contributed by atoms with Crippen LogP contribution in [-0.2, 0) is 11.2 Å². The van der Waals surface area contributed by atoms with E-state index in [1.807, 2.05) is 36.4 Å². The number of carboxylic acids is 2. The van der Waals surface area contributed by atoms with Crippen molar-refractivity contribution in [2.45, 2.75) is 20.3 Å². The van der Waals surface area contributed by atoms with Gasteiger partial charge < -0.3 is 20.7 Å². The molecule has 0 aliphatic rings. The van der Waals surface area contributed by atoms with Gasteiger partial charge in [-0.3, -0.25) is 4.79 Å². The zero-order valence-corrected chi connectivity index (χ0v) is 34.3. The number of ketones is 1. The Labute approximate surface area is 349 Å². The van der Waals surface area contributed by atoms with Crippen LogP contribution >= 0.6 is 45.3 Å². The number of esters is 1. The van der Waals surface area contributed by atoms with E-state index in [-0.39, 0.29) is 60.7 Å². The van der Waals surface area contributed by atoms with Crippen LogP contribution in [0.1, 0.15) is 57.0 Å². The molecule has 0 amide bonds. The number of Topliss-reactive ketones (excluding diaryl/α,β-unsaturated/α-hetero) is 1. The maximum absolute atomic E-state index is 14.4. The maximum atomic E-state index is 14.4. The molecule has 17 heteroatoms. The molecule has 0 radical (unpaired) electrons. The number of thiophene rings is 2. The Balaban J connectivity index is 0.000000165. The smallest absolute Gasteiger partial charge is 0.365 e. The third kappa shape index (κ3) is 9.23. The highest BCUT2D eigenvalue weighted by molar-refractivity contribution is 7.20. The topological polar surface area (TPSA) is 170 Å². The molecule has 10 nitrogen and oxygen atoms in total. The molecule has 4 heterocycles. The lowest BCUT2D eigenvalue weighted by Crippen LogP contribution is -2.08. The lowest BCUT2D eigenvalue weighted by atomic mass is 10.0. The van der Waals surface area contributed by atoms with Crippen LogP contribution in [0, 0.1) is 31.3 Å². The predicted molar refractivity (Wildman–Crippen MR) is 226 cm³/mol. The Morgan fingerprint density at radius 2 is 1.29 bits per heavy atom. The summed E-state index contributed by atoms with van der Waals surface area (Å²) in [4.78, 5) is 55.5. The SMILES string of the molecule is COC(=O)c1c(N)csc1-c1ccc(C)cc1F.Cc1ccc(-c2scc(CC(=O)c3nc4ccccc4s3)c2C(=O)O)c(F)c1F.O=C(O)c1nc2ccccc2s1. The monoisotopic (exact) mass is 873 g/mol. The molecule has 0 spiro atoms. The number of carboxylic acid groups (broad SMARTS) is 2. The van der Waals surface area contributed by atoms with Gasteiger partial charge in [-0.15, -0.1) is 45.3 Å². The van der Waals surface area contributed by atoms with E-state index in [9.17, 15) is 37.5 Å². The highest BCUT2D eigenvalue weighted by atomic mass is 32.1. The second-order valence-electron chi connectivity index (χ2n) is 12.6. The molecule has 300 valence electrons. The number of methoxy groups -OCH3 is 1. The van der Waals surface area contributed by atoms with E-state index in [0.29, 0.717) is 21.6 Å². The van der Waals surface area contributed by atoms with Gasteiger partial charge in [-0.25, -0.2) is 37.5 Å². The number of nitrogens with two attached hydrogens (primary N) is 1. The standard InChI is InChI=1S/C21H13F2NO3S2.C13H12FNO2S.C8H5NO2S/c1-10-6-7-12(18(23)17(10)22)19-16(21(26)27)11(9-28-19)8-14(25)20-24-13-4-2-3-5-15(13)29-20;1-7-3-4-8(9(14)5-7)12-11(13(16)17-2)10(15)6-18-12;10-8(11)7-9-5-3-1-2-4-6(5)12-7/h2-7,9H,8H2,1H3,(H,26,27);3-6H,15H2,1-2H3;1-4H,(H,10,11). The first-order chi connectivity index (χ1) is 28.2. The van der Waals surface area contributed by atoms with Crippen molar-refractivity contribution in [2.24, 2.45) is 0 Å². The Kier molecular flexibility index (Phi) is 13.0. The molecule has 0 saturated heterocycles. The van der Waals surface area contributed by atoms with E-state index < -0.39 is 29.5 Å². The van der Waals surface area contributed by atoms with Gasteiger partial charge in [0.1, 0.15) is 11.4 Å². The van der Waals surface area contributed by atoms with Gasteiger partial charge in [-0.2, -0.15) is 0 Å². The molecule has 0 saturated carbocycles. The number of anilines is 1. The Morgan fingerprint density at radius 3 is 1.88 bits per heavy atom. The summed E-state index contributed by atoms with van der Waals surface area (Å²) in [5.74, 6) is -5.62. The number of carbonyl (C=O) groups excluding carboxylic acids is 2. The fraction of sp³-hybridized carbons (Fsp3) is 0.0952. The highest BCUT2D eigenvalue weighted by Gasteiger charge is 2.26. The van der Waals surface area contributed by atoms with Gasteiger partial charge in [-0.1, -0.05) is 48.5 Å². The van der Waals surface area contributed by atoms with Crippen molar-refractivity contribution >= 4 is 95.2 Å². The van der Waals surface area contributed by atoms with Gasteiger partial charge in [-0.05, 0) is 66.2 Å². The van der Waals surface area contributed by atoms with Gasteiger partial charge in [0.05, 0.1) is 48.5 Å². The minimum atomic E-state index is -1.30. The first kappa shape index (κ1) is 42.3. The molecule has 0 fully saturated rings. The number of aromatic nitrogens is 2. The van der Waals surface area contributed by atoms with Gasteiger partial charge in [0.2, 0.25) is 5.01 Å². The second-order valence-corrected chi connectivity index (χ2v) is 16.4. The molecule has 8 aromatic rings. The average molecular weight is 874 g/mol. The molecule has 0 atom stereocenters. The Morgan fingerprint density at radius 1 is 0.712 bits per heavy atom. The van der Waals surface area contributed by atoms with Crippen molar-refractivity contribution in [2.75, 3.05) is 12.8 Å². The van der Waals surface area contributed by atoms with Crippen LogP contribution in [0.2, 0.25) is 0 Å². The molecular weight excluding hydrogens is 844 g/mol. The van der Waals surface area contributed by atoms with Gasteiger partial charge >= 0.3 is 17.9 Å². The summed E-state index contributed by atoms with van der Waals surface area (Å²) in [6.07, 6.45) is -0.187. The molecule has 4 aromatic carbocycles. The van der Waals surface area contributed by atoms with E-state index in [2.05, 4.69) is 14.7 Å². The zero-order chi connectivity index (χ0) is 42.5. The highest BCUT2D eigenvalue weighted by Crippen LogP contribution is 2.38. The van der Waals surface area contributed by atoms with Crippen molar-refractivity contribution in [3.05, 3.63) is 145 Å². The summed E-state index contributed by atoms with van der Waals surface area (Å²) >= 11 is 4.63. The number of hydrogen-bond donors (Lipinski definition) is 3. The first-order valence-electron chi connectivity index (χ1n) is 17.2. The molecule has 4 aromatic heterocycles. The number of benzene rings is 4. The first-order valence-corrected chi connectivity index (χ1v) is 20.6. The van der Waals surface area contributed by atoms with Gasteiger partial charge in [0.25, 0.3) is 0 Å². The van der Waals surface area contributed by atoms with Crippen LogP contribution < -0.4 is 5.73 Å². The summed E-state index contributed by atoms with van der Waals surface area (Å²) in [5.41, 5.74) is 8.95. The fourth-order valence-corrected chi connectivity index (χ4v) is 9.43. The van der Waals surface area contributed by atoms with E-state index >= 15 is 0 Å². The zero-order valence-electron chi connectivity index (χ0n) is 31.0. The minimum Gasteiger partial charge on any atom is -0.478 e. The van der Waals surface area contributed by atoms with Crippen LogP contribution in [0.3, 0.4) is 0 Å². The average Bonchev–Trinajstić information content (AvgIpc) is 4.02. The molecular formula is C42H30F3N3O7S4. The summed E-state index contributed by atoms with van der Waals surface area (Å²) < 4.78 is 48.7. The van der Waals surface area contributed by atoms with E-state index in [4.69, 9.17) is 10.8 Å². The van der Waals surface area contributed by atoms with Crippen LogP contribution in [0.25, 0.3) is 41.3 Å². The lowest BCUT2D eigenvalue weighted by Gasteiger charge is -2.06. The van der Waals surface area contributed by atoms with Gasteiger partial charge in [0, 0.05) is 22.9 Å². The summed E-state index contributed by atoms with van der Waals surface area (Å²) in [6, 6.07) is 22.3. The minimum absolute atomic E-state index is 0.0843. The molecule has 4 N–H and O–H groups in total. The molecule has 0 aliphatic carbocycles. The Hall–Kier alpha value is -6.27. The normalized spacial score (nSPS) is 10.7. The lowest BCUT2D eigenvalue weighted by molar-refractivity contribution is 0.0601. The number of ether oxygens (including phenoxy) is 1. The molecule has 0 unspecified atom stereocenters. The maximum Gasteiger partial charge on any atom is 0.365 e. The van der Waals surface area contributed by atoms with Crippen LogP contribution in [0.5, 0.6) is 0 Å². The van der Waals surface area contributed by atoms with Crippen molar-refractivity contribution in [3.63, 3.8) is 0 Å². The number of nitrogen functional groups attached to an aromatic ring is 1. The van der Waals surface area contributed by atoms with Crippen LogP contribution in [0.4, 0.5) is 18.9 Å². The predicted octanol–water partition coefficient (Wildman–Crippen LogP) is 11.0. The van der Waals surface area contributed by atoms with Crippen molar-refractivity contribution < 1.29 is 47.3 Å². The Bertz CT molecular complexity index is 2830. The molecule has 0 aliphatic heterocycles. The van der Waals surface area contributed by atoms with Crippen molar-refractivity contribution in [1.29, 1.82) is 0 Å². The second kappa shape index (κ2) is 18.1. The fourth-order valence-electron chi connectivity index (χ4n) is 5.67. The van der Waals surface area contributed by atoms with E-state index in [0.717, 1.165) is 31.8 Å². The third-order valence-electron chi connectivity index (χ3n) is 8.54. The molecule has 0 bridgehead atoms.